The molecule has 0 aliphatic heterocycles. The molecule has 2 rings (SSSR count). The van der Waals surface area contributed by atoms with E-state index in [2.05, 4.69) is 9.97 Å². The Kier molecular flexibility index (Phi) is 2.22. The van der Waals surface area contributed by atoms with E-state index in [-0.39, 0.29) is 11.3 Å². The zero-order chi connectivity index (χ0) is 11.9. The number of fused-ring (bicyclic) bond motifs is 1. The number of hydrogen-bond donors (Lipinski definition) is 1. The van der Waals surface area contributed by atoms with E-state index < -0.39 is 11.7 Å². The quantitative estimate of drug-likeness (QED) is 0.752. The lowest BCUT2D eigenvalue weighted by molar-refractivity contribution is -0.137. The van der Waals surface area contributed by atoms with Crippen molar-refractivity contribution in [3.05, 3.63) is 29.6 Å². The summed E-state index contributed by atoms with van der Waals surface area (Å²) < 4.78 is 37.3. The fourth-order valence-corrected chi connectivity index (χ4v) is 1.45. The van der Waals surface area contributed by atoms with Crippen LogP contribution in [0.25, 0.3) is 10.9 Å². The third-order valence-electron chi connectivity index (χ3n) is 2.17. The number of aromatic nitrogens is 2. The fraction of sp³-hybridized carbons (Fsp3) is 0.200. The lowest BCUT2D eigenvalue weighted by atomic mass is 10.1. The maximum Gasteiger partial charge on any atom is 0.416 e. The third-order valence-corrected chi connectivity index (χ3v) is 2.17. The third kappa shape index (κ3) is 1.78. The second-order valence-electron chi connectivity index (χ2n) is 3.39. The summed E-state index contributed by atoms with van der Waals surface area (Å²) in [6.45, 7) is 1.58. The molecule has 1 aromatic carbocycles. The second kappa shape index (κ2) is 3.33. The van der Waals surface area contributed by atoms with Crippen LogP contribution >= 0.6 is 0 Å². The highest BCUT2D eigenvalue weighted by atomic mass is 19.4. The molecule has 0 atom stereocenters. The van der Waals surface area contributed by atoms with E-state index in [1.807, 2.05) is 0 Å². The summed E-state index contributed by atoms with van der Waals surface area (Å²) in [4.78, 5) is 7.80. The summed E-state index contributed by atoms with van der Waals surface area (Å²) in [6.07, 6.45) is -4.37. The highest BCUT2D eigenvalue weighted by Gasteiger charge is 2.30. The van der Waals surface area contributed by atoms with E-state index in [4.69, 9.17) is 5.73 Å². The minimum atomic E-state index is -4.37. The van der Waals surface area contributed by atoms with Crippen molar-refractivity contribution in [1.82, 2.24) is 9.97 Å². The Morgan fingerprint density at radius 1 is 1.19 bits per heavy atom. The van der Waals surface area contributed by atoms with E-state index in [1.54, 1.807) is 6.92 Å². The standard InChI is InChI=1S/C10H8F3N3/c1-5-15-8-4-6(10(11,12)13)2-3-7(8)9(14)16-5/h2-4H,1H3,(H2,14,15,16). The van der Waals surface area contributed by atoms with Crippen LogP contribution in [0.1, 0.15) is 11.4 Å². The molecule has 3 nitrogen and oxygen atoms in total. The van der Waals surface area contributed by atoms with Crippen LogP contribution in [0.3, 0.4) is 0 Å². The number of anilines is 1. The zero-order valence-electron chi connectivity index (χ0n) is 8.34. The smallest absolute Gasteiger partial charge is 0.383 e. The first-order valence-electron chi connectivity index (χ1n) is 4.49. The molecule has 0 saturated heterocycles. The van der Waals surface area contributed by atoms with E-state index in [0.717, 1.165) is 12.1 Å². The van der Waals surface area contributed by atoms with Crippen molar-refractivity contribution < 1.29 is 13.2 Å². The molecule has 0 aliphatic carbocycles. The molecule has 0 radical (unpaired) electrons. The summed E-state index contributed by atoms with van der Waals surface area (Å²) in [5, 5.41) is 0.429. The minimum absolute atomic E-state index is 0.191. The van der Waals surface area contributed by atoms with Gasteiger partial charge in [-0.15, -0.1) is 0 Å². The van der Waals surface area contributed by atoms with Crippen LogP contribution in [-0.2, 0) is 6.18 Å². The number of alkyl halides is 3. The first kappa shape index (κ1) is 10.7. The number of rotatable bonds is 0. The van der Waals surface area contributed by atoms with E-state index >= 15 is 0 Å². The molecule has 2 N–H and O–H groups in total. The predicted octanol–water partition coefficient (Wildman–Crippen LogP) is 2.54. The van der Waals surface area contributed by atoms with Crippen molar-refractivity contribution in [2.75, 3.05) is 5.73 Å². The summed E-state index contributed by atoms with van der Waals surface area (Å²) in [5.74, 6) is 0.542. The van der Waals surface area contributed by atoms with Crippen molar-refractivity contribution in [1.29, 1.82) is 0 Å². The van der Waals surface area contributed by atoms with Gasteiger partial charge >= 0.3 is 6.18 Å². The molecule has 0 fully saturated rings. The van der Waals surface area contributed by atoms with Crippen molar-refractivity contribution in [2.24, 2.45) is 0 Å². The van der Waals surface area contributed by atoms with Crippen molar-refractivity contribution in [2.45, 2.75) is 13.1 Å². The fourth-order valence-electron chi connectivity index (χ4n) is 1.45. The predicted molar refractivity (Wildman–Crippen MR) is 53.7 cm³/mol. The average molecular weight is 227 g/mol. The SMILES string of the molecule is Cc1nc(N)c2ccc(C(F)(F)F)cc2n1. The van der Waals surface area contributed by atoms with Gasteiger partial charge in [0.05, 0.1) is 11.1 Å². The van der Waals surface area contributed by atoms with Crippen molar-refractivity contribution >= 4 is 16.7 Å². The first-order valence-corrected chi connectivity index (χ1v) is 4.49. The van der Waals surface area contributed by atoms with Crippen LogP contribution in [-0.4, -0.2) is 9.97 Å². The van der Waals surface area contributed by atoms with Crippen LogP contribution in [0, 0.1) is 6.92 Å². The molecule has 84 valence electrons. The van der Waals surface area contributed by atoms with Crippen LogP contribution in [0.15, 0.2) is 18.2 Å². The van der Waals surface area contributed by atoms with Crippen LogP contribution in [0.2, 0.25) is 0 Å². The topological polar surface area (TPSA) is 51.8 Å². The van der Waals surface area contributed by atoms with Gasteiger partial charge in [-0.1, -0.05) is 0 Å². The Bertz CT molecular complexity index is 549. The van der Waals surface area contributed by atoms with E-state index in [0.29, 0.717) is 11.2 Å². The van der Waals surface area contributed by atoms with Crippen LogP contribution < -0.4 is 5.73 Å². The number of halogens is 3. The highest BCUT2D eigenvalue weighted by molar-refractivity contribution is 5.88. The molecule has 1 heterocycles. The summed E-state index contributed by atoms with van der Waals surface area (Å²) in [6, 6.07) is 3.23. The van der Waals surface area contributed by atoms with Gasteiger partial charge in [0, 0.05) is 5.39 Å². The number of nitrogens with zero attached hydrogens (tertiary/aromatic N) is 2. The second-order valence-corrected chi connectivity index (χ2v) is 3.39. The first-order chi connectivity index (χ1) is 7.38. The zero-order valence-corrected chi connectivity index (χ0v) is 8.34. The Balaban J connectivity index is 2.71. The van der Waals surface area contributed by atoms with Crippen LogP contribution in [0.4, 0.5) is 19.0 Å². The molecule has 0 amide bonds. The van der Waals surface area contributed by atoms with E-state index in [9.17, 15) is 13.2 Å². The van der Waals surface area contributed by atoms with Crippen molar-refractivity contribution in [3.63, 3.8) is 0 Å². The molecule has 16 heavy (non-hydrogen) atoms. The Labute approximate surface area is 89.1 Å². The number of nitrogens with two attached hydrogens (primary N) is 1. The average Bonchev–Trinajstić information content (AvgIpc) is 2.15. The van der Waals surface area contributed by atoms with Gasteiger partial charge in [-0.05, 0) is 25.1 Å². The van der Waals surface area contributed by atoms with Crippen LogP contribution in [0.5, 0.6) is 0 Å². The molecular weight excluding hydrogens is 219 g/mol. The number of hydrogen-bond acceptors (Lipinski definition) is 3. The number of aryl methyl sites for hydroxylation is 1. The molecule has 6 heteroatoms. The highest BCUT2D eigenvalue weighted by Crippen LogP contribution is 2.31. The summed E-state index contributed by atoms with van der Waals surface area (Å²) in [7, 11) is 0. The normalized spacial score (nSPS) is 12.0. The molecule has 0 bridgehead atoms. The molecule has 0 saturated carbocycles. The molecule has 0 spiro atoms. The minimum Gasteiger partial charge on any atom is -0.383 e. The van der Waals surface area contributed by atoms with Gasteiger partial charge in [-0.3, -0.25) is 0 Å². The molecule has 0 aliphatic rings. The summed E-state index contributed by atoms with van der Waals surface area (Å²) in [5.41, 5.74) is 5.05. The maximum atomic E-state index is 12.4. The molecule has 1 aromatic heterocycles. The van der Waals surface area contributed by atoms with Gasteiger partial charge in [-0.25, -0.2) is 9.97 Å². The van der Waals surface area contributed by atoms with Gasteiger partial charge in [-0.2, -0.15) is 13.2 Å². The van der Waals surface area contributed by atoms with Gasteiger partial charge in [0.2, 0.25) is 0 Å². The molecule has 2 aromatic rings. The number of benzene rings is 1. The van der Waals surface area contributed by atoms with E-state index in [1.165, 1.54) is 6.07 Å². The Morgan fingerprint density at radius 2 is 1.88 bits per heavy atom. The maximum absolute atomic E-state index is 12.4. The Morgan fingerprint density at radius 3 is 2.50 bits per heavy atom. The van der Waals surface area contributed by atoms with Gasteiger partial charge < -0.3 is 5.73 Å². The lowest BCUT2D eigenvalue weighted by Crippen LogP contribution is -2.05. The largest absolute Gasteiger partial charge is 0.416 e. The number of nitrogen functional groups attached to an aromatic ring is 1. The molecular formula is C10H8F3N3. The Hall–Kier alpha value is -1.85. The van der Waals surface area contributed by atoms with Gasteiger partial charge in [0.15, 0.2) is 0 Å². The lowest BCUT2D eigenvalue weighted by Gasteiger charge is -2.08. The monoisotopic (exact) mass is 227 g/mol. The van der Waals surface area contributed by atoms with Gasteiger partial charge in [0.1, 0.15) is 11.6 Å². The van der Waals surface area contributed by atoms with Gasteiger partial charge in [0.25, 0.3) is 0 Å². The molecule has 0 unspecified atom stereocenters. The van der Waals surface area contributed by atoms with Crippen molar-refractivity contribution in [3.8, 4) is 0 Å². The summed E-state index contributed by atoms with van der Waals surface area (Å²) >= 11 is 0.